The Balaban J connectivity index is 1.75. The Morgan fingerprint density at radius 1 is 1.09 bits per heavy atom. The van der Waals surface area contributed by atoms with Gasteiger partial charge in [0, 0.05) is 23.4 Å². The first-order valence-electron chi connectivity index (χ1n) is 7.41. The highest BCUT2D eigenvalue weighted by molar-refractivity contribution is 6.35. The number of carbonyl (C=O) groups is 1. The van der Waals surface area contributed by atoms with Gasteiger partial charge in [-0.25, -0.2) is 4.39 Å². The molecule has 0 spiro atoms. The molecule has 1 N–H and O–H groups in total. The third-order valence-electron chi connectivity index (χ3n) is 3.92. The molecule has 0 radical (unpaired) electrons. The van der Waals surface area contributed by atoms with Crippen LogP contribution in [0.5, 0.6) is 0 Å². The van der Waals surface area contributed by atoms with Gasteiger partial charge in [-0.2, -0.15) is 0 Å². The monoisotopic (exact) mass is 309 g/mol. The second-order valence-electron chi connectivity index (χ2n) is 5.44. The van der Waals surface area contributed by atoms with E-state index >= 15 is 0 Å². The van der Waals surface area contributed by atoms with Gasteiger partial charge in [-0.05, 0) is 31.0 Å². The largest absolute Gasteiger partial charge is 0.506 e. The Morgan fingerprint density at radius 2 is 1.74 bits per heavy atom. The molecule has 0 amide bonds. The Kier molecular flexibility index (Phi) is 4.06. The summed E-state index contributed by atoms with van der Waals surface area (Å²) in [7, 11) is 0. The molecule has 4 heteroatoms. The molecular formula is C19H16FNO2. The number of nitrogens with zero attached hydrogens (tertiary/aromatic N) is 1. The van der Waals surface area contributed by atoms with Crippen LogP contribution in [0.25, 0.3) is 5.76 Å². The first kappa shape index (κ1) is 15.2. The predicted octanol–water partition coefficient (Wildman–Crippen LogP) is 3.99. The molecule has 0 aliphatic heterocycles. The highest BCUT2D eigenvalue weighted by Crippen LogP contribution is 2.31. The van der Waals surface area contributed by atoms with Crippen molar-refractivity contribution in [2.45, 2.75) is 13.3 Å². The Morgan fingerprint density at radius 3 is 2.39 bits per heavy atom. The molecule has 1 aliphatic rings. The molecule has 3 nitrogen and oxygen atoms in total. The summed E-state index contributed by atoms with van der Waals surface area (Å²) in [5.41, 5.74) is 2.83. The van der Waals surface area contributed by atoms with Crippen LogP contribution < -0.4 is 0 Å². The number of Topliss-reactive ketones (excluding diaryl/α,β-unsaturated/α-hetero) is 1. The van der Waals surface area contributed by atoms with E-state index < -0.39 is 0 Å². The zero-order valence-corrected chi connectivity index (χ0v) is 12.7. The van der Waals surface area contributed by atoms with Crippen LogP contribution in [0.2, 0.25) is 0 Å². The Hall–Kier alpha value is -2.75. The van der Waals surface area contributed by atoms with Crippen LogP contribution in [0.3, 0.4) is 0 Å². The summed E-state index contributed by atoms with van der Waals surface area (Å²) in [6.45, 7) is 2.19. The van der Waals surface area contributed by atoms with Crippen LogP contribution in [0.4, 0.5) is 4.39 Å². The van der Waals surface area contributed by atoms with Gasteiger partial charge >= 0.3 is 0 Å². The second-order valence-corrected chi connectivity index (χ2v) is 5.44. The van der Waals surface area contributed by atoms with Crippen molar-refractivity contribution in [1.82, 2.24) is 0 Å². The minimum absolute atomic E-state index is 0.00590. The fourth-order valence-electron chi connectivity index (χ4n) is 2.68. The number of aliphatic hydroxyl groups is 1. The number of carbonyl (C=O) groups excluding carboxylic acids is 1. The van der Waals surface area contributed by atoms with Gasteiger partial charge in [0.2, 0.25) is 0 Å². The summed E-state index contributed by atoms with van der Waals surface area (Å²) >= 11 is 0. The fourth-order valence-corrected chi connectivity index (χ4v) is 2.68. The van der Waals surface area contributed by atoms with E-state index in [1.165, 1.54) is 12.1 Å². The van der Waals surface area contributed by atoms with Gasteiger partial charge in [-0.1, -0.05) is 36.4 Å². The van der Waals surface area contributed by atoms with E-state index in [0.717, 1.165) is 5.56 Å². The molecular weight excluding hydrogens is 293 g/mol. The fraction of sp³-hybridized carbons (Fsp3) is 0.158. The van der Waals surface area contributed by atoms with Crippen LogP contribution in [0.1, 0.15) is 28.4 Å². The average molecular weight is 309 g/mol. The van der Waals surface area contributed by atoms with Gasteiger partial charge in [-0.15, -0.1) is 0 Å². The van der Waals surface area contributed by atoms with Crippen molar-refractivity contribution in [2.75, 3.05) is 6.54 Å². The summed E-state index contributed by atoms with van der Waals surface area (Å²) < 4.78 is 12.9. The molecule has 0 aromatic heterocycles. The lowest BCUT2D eigenvalue weighted by Crippen LogP contribution is -2.08. The zero-order chi connectivity index (χ0) is 16.4. The van der Waals surface area contributed by atoms with Crippen molar-refractivity contribution < 1.29 is 14.3 Å². The SMILES string of the molecule is CC(=NCCc1ccc(F)cc1)C1=C(O)c2ccccc2C1=O. The molecule has 1 aliphatic carbocycles. The molecule has 0 heterocycles. The average Bonchev–Trinajstić information content (AvgIpc) is 2.81. The van der Waals surface area contributed by atoms with Crippen LogP contribution in [0.15, 0.2) is 59.1 Å². The van der Waals surface area contributed by atoms with Crippen LogP contribution in [-0.4, -0.2) is 23.1 Å². The van der Waals surface area contributed by atoms with Crippen molar-refractivity contribution in [1.29, 1.82) is 0 Å². The molecule has 3 rings (SSSR count). The van der Waals surface area contributed by atoms with Gasteiger partial charge in [0.25, 0.3) is 0 Å². The van der Waals surface area contributed by atoms with E-state index in [2.05, 4.69) is 4.99 Å². The topological polar surface area (TPSA) is 49.7 Å². The standard InChI is InChI=1S/C19H16FNO2/c1-12(21-11-10-13-6-8-14(20)9-7-13)17-18(22)15-4-2-3-5-16(15)19(17)23/h2-9,22H,10-11H2,1H3. The highest BCUT2D eigenvalue weighted by Gasteiger charge is 2.30. The van der Waals surface area contributed by atoms with Crippen LogP contribution in [0, 0.1) is 5.82 Å². The first-order valence-corrected chi connectivity index (χ1v) is 7.41. The van der Waals surface area contributed by atoms with E-state index in [4.69, 9.17) is 0 Å². The number of allylic oxidation sites excluding steroid dienone is 1. The number of aliphatic imine (C=N–C) groups is 1. The first-order chi connectivity index (χ1) is 11.1. The molecule has 0 atom stereocenters. The molecule has 0 saturated heterocycles. The molecule has 23 heavy (non-hydrogen) atoms. The third-order valence-corrected chi connectivity index (χ3v) is 3.92. The number of ketones is 1. The number of hydrogen-bond acceptors (Lipinski definition) is 3. The summed E-state index contributed by atoms with van der Waals surface area (Å²) in [4.78, 5) is 16.8. The van der Waals surface area contributed by atoms with E-state index in [1.54, 1.807) is 43.3 Å². The van der Waals surface area contributed by atoms with Crippen molar-refractivity contribution in [3.63, 3.8) is 0 Å². The van der Waals surface area contributed by atoms with Gasteiger partial charge in [-0.3, -0.25) is 9.79 Å². The summed E-state index contributed by atoms with van der Waals surface area (Å²) in [6.07, 6.45) is 0.646. The molecule has 2 aromatic rings. The minimum Gasteiger partial charge on any atom is -0.506 e. The summed E-state index contributed by atoms with van der Waals surface area (Å²) in [5, 5.41) is 10.3. The maximum absolute atomic E-state index is 12.9. The number of fused-ring (bicyclic) bond motifs is 1. The van der Waals surface area contributed by atoms with Gasteiger partial charge in [0.05, 0.1) is 5.57 Å². The minimum atomic E-state index is -0.266. The maximum Gasteiger partial charge on any atom is 0.199 e. The molecule has 0 bridgehead atoms. The van der Waals surface area contributed by atoms with E-state index in [1.807, 2.05) is 0 Å². The van der Waals surface area contributed by atoms with Crippen molar-refractivity contribution in [3.05, 3.63) is 76.6 Å². The van der Waals surface area contributed by atoms with Crippen LogP contribution in [-0.2, 0) is 6.42 Å². The van der Waals surface area contributed by atoms with Crippen molar-refractivity contribution in [2.24, 2.45) is 4.99 Å². The molecule has 0 saturated carbocycles. The molecule has 2 aromatic carbocycles. The van der Waals surface area contributed by atoms with Gasteiger partial charge in [0.15, 0.2) is 5.78 Å². The second kappa shape index (κ2) is 6.16. The number of rotatable bonds is 4. The Labute approximate surface area is 133 Å². The predicted molar refractivity (Wildman–Crippen MR) is 88.4 cm³/mol. The van der Waals surface area contributed by atoms with E-state index in [0.29, 0.717) is 29.8 Å². The summed E-state index contributed by atoms with van der Waals surface area (Å²) in [5.74, 6) is -0.465. The maximum atomic E-state index is 12.9. The Bertz CT molecular complexity index is 820. The number of aliphatic hydroxyl groups excluding tert-OH is 1. The highest BCUT2D eigenvalue weighted by atomic mass is 19.1. The lowest BCUT2D eigenvalue weighted by atomic mass is 10.1. The van der Waals surface area contributed by atoms with Crippen molar-refractivity contribution in [3.8, 4) is 0 Å². The van der Waals surface area contributed by atoms with Crippen molar-refractivity contribution >= 4 is 17.3 Å². The van der Waals surface area contributed by atoms with Gasteiger partial charge in [0.1, 0.15) is 11.6 Å². The van der Waals surface area contributed by atoms with Gasteiger partial charge < -0.3 is 5.11 Å². The van der Waals surface area contributed by atoms with E-state index in [9.17, 15) is 14.3 Å². The van der Waals surface area contributed by atoms with E-state index in [-0.39, 0.29) is 22.9 Å². The zero-order valence-electron chi connectivity index (χ0n) is 12.7. The molecule has 0 unspecified atom stereocenters. The quantitative estimate of drug-likeness (QED) is 0.868. The number of hydrogen-bond donors (Lipinski definition) is 1. The normalized spacial score (nSPS) is 14.3. The lowest BCUT2D eigenvalue weighted by Gasteiger charge is -2.03. The molecule has 0 fully saturated rings. The third kappa shape index (κ3) is 2.93. The summed E-state index contributed by atoms with van der Waals surface area (Å²) in [6, 6.07) is 13.2. The van der Waals surface area contributed by atoms with Crippen LogP contribution >= 0.6 is 0 Å². The lowest BCUT2D eigenvalue weighted by molar-refractivity contribution is 0.104. The smallest absolute Gasteiger partial charge is 0.199 e. The number of benzene rings is 2. The number of halogens is 1. The molecule has 116 valence electrons.